The fourth-order valence-corrected chi connectivity index (χ4v) is 3.98. The summed E-state index contributed by atoms with van der Waals surface area (Å²) >= 11 is 2.98. The first-order valence-electron chi connectivity index (χ1n) is 8.70. The molecule has 1 aromatic carbocycles. The van der Waals surface area contributed by atoms with Gasteiger partial charge in [-0.1, -0.05) is 29.8 Å². The molecule has 0 saturated carbocycles. The molecule has 0 fully saturated rings. The van der Waals surface area contributed by atoms with Crippen molar-refractivity contribution in [1.29, 1.82) is 0 Å². The Hall–Kier alpha value is -2.51. The predicted molar refractivity (Wildman–Crippen MR) is 111 cm³/mol. The standard InChI is InChI=1S/C20H21N3O2S2/c1-14-4-6-15(7-5-14)11-17-12-22-20(27-17)23-18(24)3-2-9-21-19(25)16-8-10-26-13-16/h4-8,10,12-13H,2-3,9,11H2,1H3,(H,21,25)(H,22,23,24). The number of anilines is 1. The Bertz CT molecular complexity index is 886. The molecule has 0 aliphatic rings. The largest absolute Gasteiger partial charge is 0.352 e. The molecule has 0 atom stereocenters. The van der Waals surface area contributed by atoms with Crippen molar-refractivity contribution >= 4 is 39.6 Å². The number of benzene rings is 1. The minimum absolute atomic E-state index is 0.0870. The van der Waals surface area contributed by atoms with E-state index >= 15 is 0 Å². The summed E-state index contributed by atoms with van der Waals surface area (Å²) in [6.07, 6.45) is 3.55. The van der Waals surface area contributed by atoms with E-state index < -0.39 is 0 Å². The smallest absolute Gasteiger partial charge is 0.252 e. The quantitative estimate of drug-likeness (QED) is 0.556. The molecule has 3 aromatic rings. The third kappa shape index (κ3) is 6.01. The first-order valence-corrected chi connectivity index (χ1v) is 10.5. The second-order valence-corrected chi connectivity index (χ2v) is 8.11. The summed E-state index contributed by atoms with van der Waals surface area (Å²) in [5, 5.41) is 9.93. The van der Waals surface area contributed by atoms with Gasteiger partial charge in [-0.05, 0) is 30.4 Å². The molecule has 0 spiro atoms. The van der Waals surface area contributed by atoms with Crippen LogP contribution in [0.2, 0.25) is 0 Å². The van der Waals surface area contributed by atoms with Crippen LogP contribution in [-0.2, 0) is 11.2 Å². The van der Waals surface area contributed by atoms with Gasteiger partial charge in [0.1, 0.15) is 0 Å². The van der Waals surface area contributed by atoms with Crippen molar-refractivity contribution in [3.8, 4) is 0 Å². The molecule has 7 heteroatoms. The number of thiazole rings is 1. The number of rotatable bonds is 8. The highest BCUT2D eigenvalue weighted by atomic mass is 32.1. The van der Waals surface area contributed by atoms with Crippen LogP contribution in [-0.4, -0.2) is 23.3 Å². The van der Waals surface area contributed by atoms with Crippen LogP contribution < -0.4 is 10.6 Å². The van der Waals surface area contributed by atoms with Gasteiger partial charge in [0.05, 0.1) is 0 Å². The second-order valence-electron chi connectivity index (χ2n) is 6.21. The topological polar surface area (TPSA) is 71.1 Å². The van der Waals surface area contributed by atoms with Crippen molar-refractivity contribution in [2.45, 2.75) is 26.2 Å². The van der Waals surface area contributed by atoms with Gasteiger partial charge in [-0.3, -0.25) is 9.59 Å². The number of nitrogens with zero attached hydrogens (tertiary/aromatic N) is 1. The SMILES string of the molecule is Cc1ccc(Cc2cnc(NC(=O)CCCNC(=O)c3ccsc3)s2)cc1. The Balaban J connectivity index is 1.38. The average Bonchev–Trinajstić information content (AvgIpc) is 3.33. The van der Waals surface area contributed by atoms with E-state index in [2.05, 4.69) is 46.8 Å². The number of aromatic nitrogens is 1. The maximum Gasteiger partial charge on any atom is 0.252 e. The van der Waals surface area contributed by atoms with Crippen LogP contribution in [0.5, 0.6) is 0 Å². The molecule has 27 heavy (non-hydrogen) atoms. The Kier molecular flexibility index (Phi) is 6.73. The first kappa shape index (κ1) is 19.3. The first-order chi connectivity index (χ1) is 13.1. The lowest BCUT2D eigenvalue weighted by molar-refractivity contribution is -0.116. The van der Waals surface area contributed by atoms with Gasteiger partial charge in [-0.25, -0.2) is 4.98 Å². The van der Waals surface area contributed by atoms with Crippen LogP contribution in [0.4, 0.5) is 5.13 Å². The summed E-state index contributed by atoms with van der Waals surface area (Å²) in [7, 11) is 0. The minimum Gasteiger partial charge on any atom is -0.352 e. The minimum atomic E-state index is -0.0997. The van der Waals surface area contributed by atoms with Crippen LogP contribution in [0, 0.1) is 6.92 Å². The van der Waals surface area contributed by atoms with E-state index in [1.807, 2.05) is 5.38 Å². The van der Waals surface area contributed by atoms with Crippen molar-refractivity contribution in [2.24, 2.45) is 0 Å². The van der Waals surface area contributed by atoms with E-state index in [4.69, 9.17) is 0 Å². The molecule has 3 rings (SSSR count). The van der Waals surface area contributed by atoms with Crippen LogP contribution in [0.1, 0.15) is 39.2 Å². The Labute approximate surface area is 166 Å². The molecule has 0 aliphatic carbocycles. The fourth-order valence-electron chi connectivity index (χ4n) is 2.48. The Morgan fingerprint density at radius 3 is 2.70 bits per heavy atom. The molecule has 2 N–H and O–H groups in total. The van der Waals surface area contributed by atoms with Crippen molar-refractivity contribution in [3.05, 3.63) is 68.9 Å². The molecule has 5 nitrogen and oxygen atoms in total. The lowest BCUT2D eigenvalue weighted by Gasteiger charge is -2.04. The molecule has 2 heterocycles. The number of carbonyl (C=O) groups excluding carboxylic acids is 2. The molecular formula is C20H21N3O2S2. The lowest BCUT2D eigenvalue weighted by atomic mass is 10.1. The fraction of sp³-hybridized carbons (Fsp3) is 0.250. The van der Waals surface area contributed by atoms with E-state index in [0.29, 0.717) is 30.1 Å². The van der Waals surface area contributed by atoms with E-state index in [1.54, 1.807) is 17.6 Å². The maximum atomic E-state index is 12.0. The van der Waals surface area contributed by atoms with E-state index in [-0.39, 0.29) is 11.8 Å². The number of hydrogen-bond donors (Lipinski definition) is 2. The van der Waals surface area contributed by atoms with Gasteiger partial charge in [0.25, 0.3) is 5.91 Å². The van der Waals surface area contributed by atoms with Gasteiger partial charge < -0.3 is 10.6 Å². The number of aryl methyl sites for hydroxylation is 1. The third-order valence-corrected chi connectivity index (χ3v) is 5.54. The summed E-state index contributed by atoms with van der Waals surface area (Å²) in [6, 6.07) is 10.2. The van der Waals surface area contributed by atoms with Gasteiger partial charge in [-0.2, -0.15) is 11.3 Å². The van der Waals surface area contributed by atoms with E-state index in [9.17, 15) is 9.59 Å². The molecule has 2 amide bonds. The number of hydrogen-bond acceptors (Lipinski definition) is 5. The maximum absolute atomic E-state index is 12.0. The molecule has 0 saturated heterocycles. The van der Waals surface area contributed by atoms with Gasteiger partial charge in [-0.15, -0.1) is 11.3 Å². The third-order valence-electron chi connectivity index (χ3n) is 3.95. The summed E-state index contributed by atoms with van der Waals surface area (Å²) in [4.78, 5) is 29.2. The molecule has 0 aliphatic heterocycles. The highest BCUT2D eigenvalue weighted by molar-refractivity contribution is 7.15. The summed E-state index contributed by atoms with van der Waals surface area (Å²) < 4.78 is 0. The molecule has 140 valence electrons. The normalized spacial score (nSPS) is 10.6. The van der Waals surface area contributed by atoms with Gasteiger partial charge >= 0.3 is 0 Å². The predicted octanol–water partition coefficient (Wildman–Crippen LogP) is 4.25. The van der Waals surface area contributed by atoms with Crippen LogP contribution in [0.25, 0.3) is 0 Å². The van der Waals surface area contributed by atoms with Gasteiger partial charge in [0.15, 0.2) is 5.13 Å². The number of amides is 2. The summed E-state index contributed by atoms with van der Waals surface area (Å²) in [5.74, 6) is -0.187. The zero-order chi connectivity index (χ0) is 19.1. The number of carbonyl (C=O) groups is 2. The van der Waals surface area contributed by atoms with E-state index in [1.165, 1.54) is 33.8 Å². The van der Waals surface area contributed by atoms with Crippen LogP contribution >= 0.6 is 22.7 Å². The Morgan fingerprint density at radius 1 is 1.15 bits per heavy atom. The summed E-state index contributed by atoms with van der Waals surface area (Å²) in [5.41, 5.74) is 3.12. The zero-order valence-electron chi connectivity index (χ0n) is 15.0. The number of nitrogens with one attached hydrogen (secondary N) is 2. The molecule has 0 bridgehead atoms. The van der Waals surface area contributed by atoms with Crippen molar-refractivity contribution < 1.29 is 9.59 Å². The highest BCUT2D eigenvalue weighted by Gasteiger charge is 2.09. The second kappa shape index (κ2) is 9.43. The Morgan fingerprint density at radius 2 is 1.96 bits per heavy atom. The lowest BCUT2D eigenvalue weighted by Crippen LogP contribution is -2.25. The monoisotopic (exact) mass is 399 g/mol. The van der Waals surface area contributed by atoms with Gasteiger partial charge in [0, 0.05) is 41.4 Å². The van der Waals surface area contributed by atoms with Crippen molar-refractivity contribution in [1.82, 2.24) is 10.3 Å². The van der Waals surface area contributed by atoms with Crippen molar-refractivity contribution in [2.75, 3.05) is 11.9 Å². The molecule has 0 unspecified atom stereocenters. The zero-order valence-corrected chi connectivity index (χ0v) is 16.7. The molecule has 0 radical (unpaired) electrons. The van der Waals surface area contributed by atoms with Crippen LogP contribution in [0.3, 0.4) is 0 Å². The van der Waals surface area contributed by atoms with Gasteiger partial charge in [0.2, 0.25) is 5.91 Å². The number of thiophene rings is 1. The summed E-state index contributed by atoms with van der Waals surface area (Å²) in [6.45, 7) is 2.54. The van der Waals surface area contributed by atoms with Crippen LogP contribution in [0.15, 0.2) is 47.3 Å². The highest BCUT2D eigenvalue weighted by Crippen LogP contribution is 2.21. The molecule has 2 aromatic heterocycles. The molecular weight excluding hydrogens is 378 g/mol. The van der Waals surface area contributed by atoms with Crippen molar-refractivity contribution in [3.63, 3.8) is 0 Å². The average molecular weight is 400 g/mol. The van der Waals surface area contributed by atoms with E-state index in [0.717, 1.165) is 11.3 Å².